The molecule has 11 rings (SSSR count). The van der Waals surface area contributed by atoms with Gasteiger partial charge in [0, 0.05) is 16.6 Å². The topological polar surface area (TPSA) is 3.24 Å². The molecular formula is C60H41N. The second kappa shape index (κ2) is 15.6. The molecule has 61 heavy (non-hydrogen) atoms. The molecule has 0 radical (unpaired) electrons. The first-order chi connectivity index (χ1) is 30.3. The smallest absolute Gasteiger partial charge is 0.0546 e. The standard InChI is InChI=1S/C60H41N/c1-3-16-43(17-4-1)54-38-34-48(40-58(54)47-18-5-2-6-19-47)42-32-36-50(37-33-42)61(59-31-15-25-46-22-9-12-28-55(46)59)60-41-49(53-29-13-23-44-20-7-10-26-51(44)53)35-39-57(60)56-30-14-24-45-21-8-11-27-52(45)56/h1-41H. The first-order valence-electron chi connectivity index (χ1n) is 21.0. The minimum Gasteiger partial charge on any atom is -0.309 e. The van der Waals surface area contributed by atoms with E-state index in [4.69, 9.17) is 0 Å². The Morgan fingerprint density at radius 3 is 1.36 bits per heavy atom. The minimum atomic E-state index is 1.08. The molecular weight excluding hydrogens is 735 g/mol. The molecule has 0 aromatic heterocycles. The monoisotopic (exact) mass is 775 g/mol. The van der Waals surface area contributed by atoms with E-state index in [0.29, 0.717) is 0 Å². The lowest BCUT2D eigenvalue weighted by atomic mass is 9.91. The van der Waals surface area contributed by atoms with E-state index in [9.17, 15) is 0 Å². The van der Waals surface area contributed by atoms with Gasteiger partial charge < -0.3 is 4.90 Å². The zero-order valence-corrected chi connectivity index (χ0v) is 33.6. The lowest BCUT2D eigenvalue weighted by Gasteiger charge is -2.30. The summed E-state index contributed by atoms with van der Waals surface area (Å²) in [6.07, 6.45) is 0. The first-order valence-corrected chi connectivity index (χ1v) is 21.0. The Kier molecular flexibility index (Phi) is 9.26. The molecule has 286 valence electrons. The maximum Gasteiger partial charge on any atom is 0.0546 e. The van der Waals surface area contributed by atoms with Crippen LogP contribution in [0.5, 0.6) is 0 Å². The van der Waals surface area contributed by atoms with E-state index >= 15 is 0 Å². The summed E-state index contributed by atoms with van der Waals surface area (Å²) in [5, 5.41) is 7.31. The predicted octanol–water partition coefficient (Wildman–Crippen LogP) is 17.0. The minimum absolute atomic E-state index is 1.08. The van der Waals surface area contributed by atoms with Crippen LogP contribution in [-0.2, 0) is 0 Å². The third-order valence-corrected chi connectivity index (χ3v) is 12.1. The van der Waals surface area contributed by atoms with Crippen LogP contribution in [0.1, 0.15) is 0 Å². The Balaban J connectivity index is 1.13. The van der Waals surface area contributed by atoms with E-state index in [0.717, 1.165) is 22.6 Å². The summed E-state index contributed by atoms with van der Waals surface area (Å²) >= 11 is 0. The zero-order valence-electron chi connectivity index (χ0n) is 33.6. The average molecular weight is 776 g/mol. The fraction of sp³-hybridized carbons (Fsp3) is 0. The summed E-state index contributed by atoms with van der Waals surface area (Å²) < 4.78 is 0. The van der Waals surface area contributed by atoms with Gasteiger partial charge in [-0.15, -0.1) is 0 Å². The molecule has 11 aromatic rings. The van der Waals surface area contributed by atoms with Crippen molar-refractivity contribution in [3.63, 3.8) is 0 Å². The highest BCUT2D eigenvalue weighted by Crippen LogP contribution is 2.47. The van der Waals surface area contributed by atoms with Crippen molar-refractivity contribution in [2.75, 3.05) is 4.90 Å². The number of fused-ring (bicyclic) bond motifs is 3. The number of anilines is 3. The summed E-state index contributed by atoms with van der Waals surface area (Å²) in [5.41, 5.74) is 15.3. The third-order valence-electron chi connectivity index (χ3n) is 12.1. The molecule has 0 spiro atoms. The van der Waals surface area contributed by atoms with E-state index in [1.165, 1.54) is 82.4 Å². The van der Waals surface area contributed by atoms with Crippen LogP contribution in [0.15, 0.2) is 249 Å². The Morgan fingerprint density at radius 1 is 0.213 bits per heavy atom. The van der Waals surface area contributed by atoms with E-state index in [-0.39, 0.29) is 0 Å². The van der Waals surface area contributed by atoms with Gasteiger partial charge >= 0.3 is 0 Å². The molecule has 0 aliphatic rings. The van der Waals surface area contributed by atoms with Gasteiger partial charge in [0.15, 0.2) is 0 Å². The summed E-state index contributed by atoms with van der Waals surface area (Å²) in [6, 6.07) is 90.6. The molecule has 0 atom stereocenters. The van der Waals surface area contributed by atoms with Crippen molar-refractivity contribution in [1.82, 2.24) is 0 Å². The highest BCUT2D eigenvalue weighted by Gasteiger charge is 2.22. The van der Waals surface area contributed by atoms with Gasteiger partial charge in [-0.05, 0) is 107 Å². The number of benzene rings is 11. The van der Waals surface area contributed by atoms with Gasteiger partial charge in [0.05, 0.1) is 11.4 Å². The van der Waals surface area contributed by atoms with Crippen LogP contribution in [0, 0.1) is 0 Å². The van der Waals surface area contributed by atoms with Gasteiger partial charge in [-0.3, -0.25) is 0 Å². The Labute approximate surface area is 357 Å². The normalized spacial score (nSPS) is 11.3. The van der Waals surface area contributed by atoms with Crippen LogP contribution in [0.3, 0.4) is 0 Å². The molecule has 0 aliphatic heterocycles. The van der Waals surface area contributed by atoms with Gasteiger partial charge in [0.25, 0.3) is 0 Å². The summed E-state index contributed by atoms with van der Waals surface area (Å²) in [4.78, 5) is 2.48. The van der Waals surface area contributed by atoms with Gasteiger partial charge in [0.2, 0.25) is 0 Å². The lowest BCUT2D eigenvalue weighted by Crippen LogP contribution is -2.12. The van der Waals surface area contributed by atoms with Gasteiger partial charge in [-0.2, -0.15) is 0 Å². The molecule has 0 saturated carbocycles. The average Bonchev–Trinajstić information content (AvgIpc) is 3.34. The number of nitrogens with zero attached hydrogens (tertiary/aromatic N) is 1. The van der Waals surface area contributed by atoms with Crippen molar-refractivity contribution in [3.8, 4) is 55.6 Å². The Morgan fingerprint density at radius 2 is 0.689 bits per heavy atom. The van der Waals surface area contributed by atoms with Crippen LogP contribution in [-0.4, -0.2) is 0 Å². The maximum atomic E-state index is 2.48. The van der Waals surface area contributed by atoms with Crippen LogP contribution >= 0.6 is 0 Å². The second-order valence-electron chi connectivity index (χ2n) is 15.7. The molecule has 0 unspecified atom stereocenters. The number of hydrogen-bond donors (Lipinski definition) is 0. The fourth-order valence-corrected chi connectivity index (χ4v) is 9.11. The van der Waals surface area contributed by atoms with E-state index in [2.05, 4.69) is 254 Å². The molecule has 0 amide bonds. The molecule has 0 aliphatic carbocycles. The van der Waals surface area contributed by atoms with Gasteiger partial charge in [-0.1, -0.05) is 218 Å². The second-order valence-corrected chi connectivity index (χ2v) is 15.7. The highest BCUT2D eigenvalue weighted by molar-refractivity contribution is 6.06. The van der Waals surface area contributed by atoms with E-state index in [1.807, 2.05) is 0 Å². The molecule has 1 heteroatoms. The largest absolute Gasteiger partial charge is 0.309 e. The molecule has 0 N–H and O–H groups in total. The Bertz CT molecular complexity index is 3330. The highest BCUT2D eigenvalue weighted by atomic mass is 15.1. The SMILES string of the molecule is c1ccc(-c2ccc(-c3ccc(N(c4cc(-c5cccc6ccccc56)ccc4-c4cccc5ccccc45)c4cccc5ccccc45)cc3)cc2-c2ccccc2)cc1. The number of hydrogen-bond acceptors (Lipinski definition) is 1. The van der Waals surface area contributed by atoms with Crippen molar-refractivity contribution in [2.24, 2.45) is 0 Å². The van der Waals surface area contributed by atoms with Crippen molar-refractivity contribution in [3.05, 3.63) is 249 Å². The lowest BCUT2D eigenvalue weighted by molar-refractivity contribution is 1.30. The summed E-state index contributed by atoms with van der Waals surface area (Å²) in [6.45, 7) is 0. The van der Waals surface area contributed by atoms with Crippen molar-refractivity contribution < 1.29 is 0 Å². The molecule has 0 bridgehead atoms. The first kappa shape index (κ1) is 36.1. The Hall–Kier alpha value is -8.00. The molecule has 1 nitrogen and oxygen atoms in total. The quantitative estimate of drug-likeness (QED) is 0.149. The molecule has 0 heterocycles. The predicted molar refractivity (Wildman–Crippen MR) is 261 cm³/mol. The maximum absolute atomic E-state index is 2.48. The number of rotatable bonds is 8. The van der Waals surface area contributed by atoms with Crippen LogP contribution in [0.4, 0.5) is 17.1 Å². The van der Waals surface area contributed by atoms with Crippen LogP contribution in [0.25, 0.3) is 88.0 Å². The molecule has 11 aromatic carbocycles. The summed E-state index contributed by atoms with van der Waals surface area (Å²) in [7, 11) is 0. The van der Waals surface area contributed by atoms with Crippen molar-refractivity contribution in [1.29, 1.82) is 0 Å². The van der Waals surface area contributed by atoms with Crippen molar-refractivity contribution in [2.45, 2.75) is 0 Å². The van der Waals surface area contributed by atoms with Crippen LogP contribution in [0.2, 0.25) is 0 Å². The van der Waals surface area contributed by atoms with Crippen molar-refractivity contribution >= 4 is 49.4 Å². The van der Waals surface area contributed by atoms with E-state index < -0.39 is 0 Å². The zero-order chi connectivity index (χ0) is 40.5. The summed E-state index contributed by atoms with van der Waals surface area (Å²) in [5.74, 6) is 0. The van der Waals surface area contributed by atoms with Gasteiger partial charge in [0.1, 0.15) is 0 Å². The third kappa shape index (κ3) is 6.73. The fourth-order valence-electron chi connectivity index (χ4n) is 9.11. The van der Waals surface area contributed by atoms with Gasteiger partial charge in [-0.25, -0.2) is 0 Å². The van der Waals surface area contributed by atoms with Crippen LogP contribution < -0.4 is 4.90 Å². The molecule has 0 saturated heterocycles. The molecule has 0 fully saturated rings. The van der Waals surface area contributed by atoms with E-state index in [1.54, 1.807) is 0 Å².